The van der Waals surface area contributed by atoms with Crippen LogP contribution in [0.1, 0.15) is 27.6 Å². The van der Waals surface area contributed by atoms with Crippen LogP contribution in [0.3, 0.4) is 0 Å². The SMILES string of the molecule is Cc1cc(C)cc(OCC(=O)OCC(=O)N[C@H](c2ccccc2)c2cccs2)c1. The van der Waals surface area contributed by atoms with Crippen LogP contribution in [0, 0.1) is 13.8 Å². The summed E-state index contributed by atoms with van der Waals surface area (Å²) in [7, 11) is 0. The molecule has 1 heterocycles. The smallest absolute Gasteiger partial charge is 0.344 e. The summed E-state index contributed by atoms with van der Waals surface area (Å²) < 4.78 is 10.5. The van der Waals surface area contributed by atoms with E-state index in [1.54, 1.807) is 11.3 Å². The second-order valence-corrected chi connectivity index (χ2v) is 7.68. The van der Waals surface area contributed by atoms with Gasteiger partial charge in [0.2, 0.25) is 0 Å². The molecule has 0 bridgehead atoms. The molecule has 3 aromatic rings. The Hall–Kier alpha value is -3.12. The molecular formula is C23H23NO4S. The lowest BCUT2D eigenvalue weighted by Gasteiger charge is -2.18. The maximum Gasteiger partial charge on any atom is 0.344 e. The molecule has 0 fully saturated rings. The van der Waals surface area contributed by atoms with E-state index in [0.717, 1.165) is 21.6 Å². The van der Waals surface area contributed by atoms with Gasteiger partial charge in [0.25, 0.3) is 5.91 Å². The number of amides is 1. The molecule has 1 atom stereocenters. The van der Waals surface area contributed by atoms with Gasteiger partial charge in [-0.15, -0.1) is 11.3 Å². The average molecular weight is 410 g/mol. The fourth-order valence-electron chi connectivity index (χ4n) is 2.97. The molecule has 1 aromatic heterocycles. The third-order valence-electron chi connectivity index (χ3n) is 4.18. The van der Waals surface area contributed by atoms with Crippen LogP contribution >= 0.6 is 11.3 Å². The third kappa shape index (κ3) is 6.19. The molecular weight excluding hydrogens is 386 g/mol. The second-order valence-electron chi connectivity index (χ2n) is 6.70. The zero-order chi connectivity index (χ0) is 20.6. The van der Waals surface area contributed by atoms with E-state index in [9.17, 15) is 9.59 Å². The minimum atomic E-state index is -0.591. The van der Waals surface area contributed by atoms with Crippen LogP contribution in [0.2, 0.25) is 0 Å². The van der Waals surface area contributed by atoms with E-state index >= 15 is 0 Å². The Kier molecular flexibility index (Phi) is 7.03. The topological polar surface area (TPSA) is 64.6 Å². The number of thiophene rings is 1. The first kappa shape index (κ1) is 20.6. The Labute approximate surface area is 174 Å². The predicted molar refractivity (Wildman–Crippen MR) is 113 cm³/mol. The molecule has 1 amide bonds. The first-order chi connectivity index (χ1) is 14.0. The molecule has 2 aromatic carbocycles. The Balaban J connectivity index is 1.52. The first-order valence-corrected chi connectivity index (χ1v) is 10.1. The summed E-state index contributed by atoms with van der Waals surface area (Å²) in [6.45, 7) is 3.31. The Morgan fingerprint density at radius 2 is 1.69 bits per heavy atom. The number of aryl methyl sites for hydroxylation is 2. The fourth-order valence-corrected chi connectivity index (χ4v) is 3.77. The standard InChI is InChI=1S/C23H23NO4S/c1-16-11-17(2)13-19(12-16)27-15-22(26)28-14-21(25)24-23(20-9-6-10-29-20)18-7-4-3-5-8-18/h3-13,23H,14-15H2,1-2H3,(H,24,25)/t23-/m1/s1. The molecule has 6 heteroatoms. The second kappa shape index (κ2) is 9.89. The van der Waals surface area contributed by atoms with Crippen LogP contribution in [-0.2, 0) is 14.3 Å². The van der Waals surface area contributed by atoms with E-state index in [1.165, 1.54) is 0 Å². The van der Waals surface area contributed by atoms with Gasteiger partial charge < -0.3 is 14.8 Å². The summed E-state index contributed by atoms with van der Waals surface area (Å²) >= 11 is 1.56. The number of nitrogens with one attached hydrogen (secondary N) is 1. The minimum Gasteiger partial charge on any atom is -0.482 e. The van der Waals surface area contributed by atoms with Crippen LogP contribution in [0.15, 0.2) is 66.0 Å². The van der Waals surface area contributed by atoms with Crippen molar-refractivity contribution < 1.29 is 19.1 Å². The van der Waals surface area contributed by atoms with Crippen molar-refractivity contribution >= 4 is 23.2 Å². The summed E-state index contributed by atoms with van der Waals surface area (Å²) in [5.41, 5.74) is 3.06. The van der Waals surface area contributed by atoms with Crippen molar-refractivity contribution in [2.24, 2.45) is 0 Å². The fraction of sp³-hybridized carbons (Fsp3) is 0.217. The van der Waals surface area contributed by atoms with Gasteiger partial charge in [0.15, 0.2) is 13.2 Å². The average Bonchev–Trinajstić information content (AvgIpc) is 3.23. The van der Waals surface area contributed by atoms with Gasteiger partial charge in [0.1, 0.15) is 5.75 Å². The van der Waals surface area contributed by atoms with E-state index < -0.39 is 5.97 Å². The number of carbonyl (C=O) groups excluding carboxylic acids is 2. The van der Waals surface area contributed by atoms with Gasteiger partial charge in [-0.25, -0.2) is 4.79 Å². The lowest BCUT2D eigenvalue weighted by atomic mass is 10.1. The Morgan fingerprint density at radius 3 is 2.34 bits per heavy atom. The van der Waals surface area contributed by atoms with Crippen LogP contribution in [0.5, 0.6) is 5.75 Å². The minimum absolute atomic E-state index is 0.247. The monoisotopic (exact) mass is 409 g/mol. The summed E-state index contributed by atoms with van der Waals surface area (Å²) in [6.07, 6.45) is 0. The highest BCUT2D eigenvalue weighted by atomic mass is 32.1. The van der Waals surface area contributed by atoms with Crippen LogP contribution < -0.4 is 10.1 Å². The molecule has 0 aliphatic carbocycles. The van der Waals surface area contributed by atoms with Crippen molar-refractivity contribution in [3.8, 4) is 5.75 Å². The highest BCUT2D eigenvalue weighted by molar-refractivity contribution is 7.10. The van der Waals surface area contributed by atoms with Crippen molar-refractivity contribution in [2.45, 2.75) is 19.9 Å². The highest BCUT2D eigenvalue weighted by Gasteiger charge is 2.18. The van der Waals surface area contributed by atoms with Gasteiger partial charge >= 0.3 is 5.97 Å². The lowest BCUT2D eigenvalue weighted by Crippen LogP contribution is -2.33. The van der Waals surface area contributed by atoms with Gasteiger partial charge in [-0.05, 0) is 54.1 Å². The molecule has 0 aliphatic heterocycles. The summed E-state index contributed by atoms with van der Waals surface area (Å²) in [5, 5.41) is 4.89. The zero-order valence-electron chi connectivity index (χ0n) is 16.4. The largest absolute Gasteiger partial charge is 0.482 e. The molecule has 0 unspecified atom stereocenters. The Morgan fingerprint density at radius 1 is 0.966 bits per heavy atom. The van der Waals surface area contributed by atoms with E-state index in [1.807, 2.05) is 79.9 Å². The van der Waals surface area contributed by atoms with Crippen LogP contribution in [0.25, 0.3) is 0 Å². The Bertz CT molecular complexity index is 934. The predicted octanol–water partition coefficient (Wildman–Crippen LogP) is 4.19. The van der Waals surface area contributed by atoms with E-state index in [4.69, 9.17) is 9.47 Å². The number of ether oxygens (including phenoxy) is 2. The van der Waals surface area contributed by atoms with Crippen molar-refractivity contribution in [1.29, 1.82) is 0 Å². The highest BCUT2D eigenvalue weighted by Crippen LogP contribution is 2.25. The first-order valence-electron chi connectivity index (χ1n) is 9.25. The summed E-state index contributed by atoms with van der Waals surface area (Å²) in [4.78, 5) is 25.3. The molecule has 0 radical (unpaired) electrons. The zero-order valence-corrected chi connectivity index (χ0v) is 17.2. The number of hydrogen-bond acceptors (Lipinski definition) is 5. The summed E-state index contributed by atoms with van der Waals surface area (Å²) in [5.74, 6) is -0.357. The number of hydrogen-bond donors (Lipinski definition) is 1. The lowest BCUT2D eigenvalue weighted by molar-refractivity contribution is -0.150. The van der Waals surface area contributed by atoms with Gasteiger partial charge in [-0.1, -0.05) is 42.5 Å². The van der Waals surface area contributed by atoms with Crippen molar-refractivity contribution in [1.82, 2.24) is 5.32 Å². The van der Waals surface area contributed by atoms with Crippen LogP contribution in [0.4, 0.5) is 0 Å². The molecule has 0 saturated carbocycles. The maximum atomic E-state index is 12.4. The third-order valence-corrected chi connectivity index (χ3v) is 5.12. The molecule has 5 nitrogen and oxygen atoms in total. The molecule has 0 saturated heterocycles. The quantitative estimate of drug-likeness (QED) is 0.567. The van der Waals surface area contributed by atoms with Gasteiger partial charge in [0.05, 0.1) is 6.04 Å². The number of esters is 1. The van der Waals surface area contributed by atoms with Gasteiger partial charge in [-0.3, -0.25) is 4.79 Å². The number of benzene rings is 2. The molecule has 0 spiro atoms. The van der Waals surface area contributed by atoms with Crippen LogP contribution in [-0.4, -0.2) is 25.1 Å². The van der Waals surface area contributed by atoms with Gasteiger partial charge in [0, 0.05) is 4.88 Å². The van der Waals surface area contributed by atoms with E-state index in [-0.39, 0.29) is 25.2 Å². The van der Waals surface area contributed by atoms with E-state index in [0.29, 0.717) is 5.75 Å². The summed E-state index contributed by atoms with van der Waals surface area (Å²) in [6, 6.07) is 19.0. The molecule has 29 heavy (non-hydrogen) atoms. The molecule has 3 rings (SSSR count). The van der Waals surface area contributed by atoms with Crippen molar-refractivity contribution in [3.05, 3.63) is 87.6 Å². The van der Waals surface area contributed by atoms with Gasteiger partial charge in [-0.2, -0.15) is 0 Å². The van der Waals surface area contributed by atoms with E-state index in [2.05, 4.69) is 5.32 Å². The normalized spacial score (nSPS) is 11.5. The molecule has 150 valence electrons. The number of carbonyl (C=O) groups is 2. The molecule has 1 N–H and O–H groups in total. The van der Waals surface area contributed by atoms with Crippen molar-refractivity contribution in [3.63, 3.8) is 0 Å². The van der Waals surface area contributed by atoms with Crippen molar-refractivity contribution in [2.75, 3.05) is 13.2 Å². The molecule has 0 aliphatic rings. The number of rotatable bonds is 8. The maximum absolute atomic E-state index is 12.4.